The molecule has 7 nitrogen and oxygen atoms in total. The van der Waals surface area contributed by atoms with Crippen LogP contribution in [0, 0.1) is 0 Å². The summed E-state index contributed by atoms with van der Waals surface area (Å²) in [5.74, 6) is 1.08. The third-order valence-electron chi connectivity index (χ3n) is 4.11. The summed E-state index contributed by atoms with van der Waals surface area (Å²) in [6.07, 6.45) is 0.592. The lowest BCUT2D eigenvalue weighted by molar-refractivity contribution is -0.116. The third-order valence-corrected chi connectivity index (χ3v) is 4.11. The van der Waals surface area contributed by atoms with Crippen molar-refractivity contribution in [3.05, 3.63) is 47.5 Å². The molecule has 0 radical (unpaired) electrons. The highest BCUT2D eigenvalue weighted by atomic mass is 16.5. The molecule has 0 saturated carbocycles. The number of carbonyl (C=O) groups is 2. The van der Waals surface area contributed by atoms with Crippen LogP contribution in [0.3, 0.4) is 0 Å². The highest BCUT2D eigenvalue weighted by Crippen LogP contribution is 2.38. The van der Waals surface area contributed by atoms with Crippen LogP contribution in [-0.4, -0.2) is 39.3 Å². The molecule has 7 heteroatoms. The molecule has 1 amide bonds. The Morgan fingerprint density at radius 2 is 1.52 bits per heavy atom. The van der Waals surface area contributed by atoms with Gasteiger partial charge < -0.3 is 24.3 Å². The summed E-state index contributed by atoms with van der Waals surface area (Å²) in [6, 6.07) is 10.2. The zero-order chi connectivity index (χ0) is 21.4. The molecule has 0 aliphatic carbocycles. The van der Waals surface area contributed by atoms with Crippen LogP contribution in [0.1, 0.15) is 36.2 Å². The van der Waals surface area contributed by atoms with Crippen molar-refractivity contribution in [2.24, 2.45) is 0 Å². The van der Waals surface area contributed by atoms with Gasteiger partial charge in [-0.25, -0.2) is 4.79 Å². The van der Waals surface area contributed by atoms with Crippen LogP contribution in [-0.2, 0) is 16.0 Å². The van der Waals surface area contributed by atoms with E-state index in [2.05, 4.69) is 5.32 Å². The van der Waals surface area contributed by atoms with Gasteiger partial charge in [0, 0.05) is 12.1 Å². The molecule has 0 unspecified atom stereocenters. The summed E-state index contributed by atoms with van der Waals surface area (Å²) >= 11 is 0. The minimum Gasteiger partial charge on any atom is -0.493 e. The number of methoxy groups -OCH3 is 3. The summed E-state index contributed by atoms with van der Waals surface area (Å²) in [6.45, 7) is 3.58. The van der Waals surface area contributed by atoms with Gasteiger partial charge in [-0.15, -0.1) is 0 Å². The van der Waals surface area contributed by atoms with E-state index < -0.39 is 0 Å². The molecule has 0 heterocycles. The predicted octanol–water partition coefficient (Wildman–Crippen LogP) is 3.85. The van der Waals surface area contributed by atoms with Gasteiger partial charge in [0.1, 0.15) is 0 Å². The topological polar surface area (TPSA) is 83.1 Å². The first-order chi connectivity index (χ1) is 13.9. The van der Waals surface area contributed by atoms with Gasteiger partial charge in [0.05, 0.1) is 33.0 Å². The Bertz CT molecular complexity index is 820. The lowest BCUT2D eigenvalue weighted by Crippen LogP contribution is -2.13. The van der Waals surface area contributed by atoms with Crippen molar-refractivity contribution in [2.75, 3.05) is 26.6 Å². The molecule has 156 valence electrons. The van der Waals surface area contributed by atoms with Crippen LogP contribution < -0.4 is 19.5 Å². The van der Waals surface area contributed by atoms with Crippen LogP contribution in [0.25, 0.3) is 0 Å². The Hall–Kier alpha value is -3.22. The molecule has 0 aliphatic rings. The van der Waals surface area contributed by atoms with Gasteiger partial charge in [-0.1, -0.05) is 0 Å². The van der Waals surface area contributed by atoms with E-state index in [0.29, 0.717) is 34.9 Å². The Morgan fingerprint density at radius 1 is 0.931 bits per heavy atom. The minimum atomic E-state index is -0.389. The summed E-state index contributed by atoms with van der Waals surface area (Å²) in [5.41, 5.74) is 1.94. The largest absolute Gasteiger partial charge is 0.493 e. The zero-order valence-electron chi connectivity index (χ0n) is 17.4. The Balaban J connectivity index is 1.97. The van der Waals surface area contributed by atoms with E-state index in [1.54, 1.807) is 59.4 Å². The molecule has 0 fully saturated rings. The fourth-order valence-corrected chi connectivity index (χ4v) is 2.73. The molecule has 0 spiro atoms. The first kappa shape index (κ1) is 22.1. The second-order valence-corrected chi connectivity index (χ2v) is 6.61. The average Bonchev–Trinajstić information content (AvgIpc) is 2.71. The number of nitrogens with one attached hydrogen (secondary N) is 1. The molecule has 0 bridgehead atoms. The average molecular weight is 401 g/mol. The van der Waals surface area contributed by atoms with E-state index in [1.165, 1.54) is 0 Å². The third kappa shape index (κ3) is 6.14. The molecular weight excluding hydrogens is 374 g/mol. The number of benzene rings is 2. The zero-order valence-corrected chi connectivity index (χ0v) is 17.4. The fraction of sp³-hybridized carbons (Fsp3) is 0.364. The van der Waals surface area contributed by atoms with E-state index in [1.807, 2.05) is 12.1 Å². The number of carbonyl (C=O) groups excluding carboxylic acids is 2. The number of esters is 1. The predicted molar refractivity (Wildman–Crippen MR) is 110 cm³/mol. The molecule has 0 aromatic heterocycles. The lowest BCUT2D eigenvalue weighted by Gasteiger charge is -2.14. The molecule has 0 aliphatic heterocycles. The maximum Gasteiger partial charge on any atom is 0.338 e. The van der Waals surface area contributed by atoms with Gasteiger partial charge in [0.2, 0.25) is 11.7 Å². The van der Waals surface area contributed by atoms with Crippen molar-refractivity contribution in [3.63, 3.8) is 0 Å². The van der Waals surface area contributed by atoms with Crippen molar-refractivity contribution in [1.82, 2.24) is 0 Å². The van der Waals surface area contributed by atoms with Gasteiger partial charge in [0.25, 0.3) is 0 Å². The van der Waals surface area contributed by atoms with Crippen LogP contribution in [0.4, 0.5) is 5.69 Å². The molecule has 0 saturated heterocycles. The SMILES string of the molecule is COc1cc(CCC(=O)Nc2ccc(C(=O)OC(C)C)cc2)cc(OC)c1OC. The molecule has 2 rings (SSSR count). The lowest BCUT2D eigenvalue weighted by atomic mass is 10.1. The summed E-state index contributed by atoms with van der Waals surface area (Å²) in [4.78, 5) is 24.2. The van der Waals surface area contributed by atoms with E-state index in [4.69, 9.17) is 18.9 Å². The fourth-order valence-electron chi connectivity index (χ4n) is 2.73. The van der Waals surface area contributed by atoms with Crippen molar-refractivity contribution in [3.8, 4) is 17.2 Å². The number of aryl methyl sites for hydroxylation is 1. The number of amides is 1. The van der Waals surface area contributed by atoms with E-state index >= 15 is 0 Å². The molecular formula is C22H27NO6. The van der Waals surface area contributed by atoms with Crippen LogP contribution in [0.2, 0.25) is 0 Å². The Kier molecular flexibility index (Phi) is 7.88. The second-order valence-electron chi connectivity index (χ2n) is 6.61. The monoisotopic (exact) mass is 401 g/mol. The van der Waals surface area contributed by atoms with Crippen molar-refractivity contribution < 1.29 is 28.5 Å². The van der Waals surface area contributed by atoms with Crippen molar-refractivity contribution in [1.29, 1.82) is 0 Å². The van der Waals surface area contributed by atoms with Gasteiger partial charge in [-0.2, -0.15) is 0 Å². The van der Waals surface area contributed by atoms with Crippen molar-refractivity contribution >= 4 is 17.6 Å². The first-order valence-corrected chi connectivity index (χ1v) is 9.27. The Morgan fingerprint density at radius 3 is 2.00 bits per heavy atom. The van der Waals surface area contributed by atoms with Crippen LogP contribution in [0.15, 0.2) is 36.4 Å². The highest BCUT2D eigenvalue weighted by Gasteiger charge is 2.14. The van der Waals surface area contributed by atoms with E-state index in [0.717, 1.165) is 5.56 Å². The van der Waals surface area contributed by atoms with E-state index in [-0.39, 0.29) is 24.4 Å². The standard InChI is InChI=1S/C22H27NO6/c1-14(2)29-22(25)16-7-9-17(10-8-16)23-20(24)11-6-15-12-18(26-3)21(28-5)19(13-15)27-4/h7-10,12-14H,6,11H2,1-5H3,(H,23,24). The molecule has 29 heavy (non-hydrogen) atoms. The first-order valence-electron chi connectivity index (χ1n) is 9.27. The van der Waals surface area contributed by atoms with Gasteiger partial charge in [0.15, 0.2) is 11.5 Å². The normalized spacial score (nSPS) is 10.4. The molecule has 2 aromatic carbocycles. The number of hydrogen-bond donors (Lipinski definition) is 1. The molecule has 1 N–H and O–H groups in total. The minimum absolute atomic E-state index is 0.142. The number of hydrogen-bond acceptors (Lipinski definition) is 6. The van der Waals surface area contributed by atoms with E-state index in [9.17, 15) is 9.59 Å². The summed E-state index contributed by atoms with van der Waals surface area (Å²) in [5, 5.41) is 2.82. The molecule has 0 atom stereocenters. The summed E-state index contributed by atoms with van der Waals surface area (Å²) in [7, 11) is 4.64. The van der Waals surface area contributed by atoms with Crippen LogP contribution in [0.5, 0.6) is 17.2 Å². The second kappa shape index (κ2) is 10.4. The number of anilines is 1. The number of rotatable bonds is 9. The number of ether oxygens (including phenoxy) is 4. The smallest absolute Gasteiger partial charge is 0.338 e. The molecule has 2 aromatic rings. The van der Waals surface area contributed by atoms with Crippen LogP contribution >= 0.6 is 0 Å². The Labute approximate surface area is 170 Å². The van der Waals surface area contributed by atoms with Crippen molar-refractivity contribution in [2.45, 2.75) is 32.8 Å². The van der Waals surface area contributed by atoms with Gasteiger partial charge >= 0.3 is 5.97 Å². The maximum absolute atomic E-state index is 12.3. The van der Waals surface area contributed by atoms with Gasteiger partial charge in [-0.05, 0) is 62.2 Å². The quantitative estimate of drug-likeness (QED) is 0.643. The summed E-state index contributed by atoms with van der Waals surface area (Å²) < 4.78 is 21.1. The highest BCUT2D eigenvalue weighted by molar-refractivity contribution is 5.93. The maximum atomic E-state index is 12.3. The van der Waals surface area contributed by atoms with Gasteiger partial charge in [-0.3, -0.25) is 4.79 Å².